The van der Waals surface area contributed by atoms with E-state index in [2.05, 4.69) is 4.98 Å². The minimum Gasteiger partial charge on any atom is -0.402 e. The molecular formula is C11H19BFNO5. The summed E-state index contributed by atoms with van der Waals surface area (Å²) in [4.78, 5) is 3.49. The van der Waals surface area contributed by atoms with Crippen LogP contribution in [-0.2, 0) is 6.42 Å². The Balaban J connectivity index is 0.000000711. The molecule has 19 heavy (non-hydrogen) atoms. The maximum atomic E-state index is 12.5. The molecule has 1 aromatic rings. The maximum absolute atomic E-state index is 12.5. The number of aromatic nitrogens is 1. The minimum atomic E-state index is -2.17. The Labute approximate surface area is 111 Å². The van der Waals surface area contributed by atoms with Gasteiger partial charge in [0.2, 0.25) is 5.95 Å². The Bertz CT molecular complexity index is 375. The van der Waals surface area contributed by atoms with Crippen LogP contribution in [0.3, 0.4) is 0 Å². The molecule has 0 amide bonds. The molecule has 0 aliphatic heterocycles. The third-order valence-electron chi connectivity index (χ3n) is 2.66. The van der Waals surface area contributed by atoms with Crippen LogP contribution in [0.15, 0.2) is 18.3 Å². The summed E-state index contributed by atoms with van der Waals surface area (Å²) in [5.74, 6) is -0.554. The van der Waals surface area contributed by atoms with Gasteiger partial charge in [0.25, 0.3) is 0 Å². The van der Waals surface area contributed by atoms with Crippen LogP contribution in [0.4, 0.5) is 4.39 Å². The van der Waals surface area contributed by atoms with Crippen LogP contribution in [0.1, 0.15) is 26.3 Å². The largest absolute Gasteiger partial charge is 0.631 e. The zero-order valence-corrected chi connectivity index (χ0v) is 11.1. The lowest BCUT2D eigenvalue weighted by molar-refractivity contribution is -0.118. The number of hydrogen-bond acceptors (Lipinski definition) is 6. The molecule has 1 rings (SSSR count). The van der Waals surface area contributed by atoms with Crippen molar-refractivity contribution in [1.29, 1.82) is 0 Å². The summed E-state index contributed by atoms with van der Waals surface area (Å²) >= 11 is 0. The second kappa shape index (κ2) is 6.92. The molecule has 0 fully saturated rings. The number of halogens is 1. The minimum absolute atomic E-state index is 0.226. The van der Waals surface area contributed by atoms with Crippen molar-refractivity contribution < 1.29 is 29.7 Å². The van der Waals surface area contributed by atoms with Gasteiger partial charge < -0.3 is 25.3 Å². The van der Waals surface area contributed by atoms with Gasteiger partial charge in [0.15, 0.2) is 0 Å². The van der Waals surface area contributed by atoms with Crippen LogP contribution in [-0.4, -0.2) is 48.8 Å². The van der Waals surface area contributed by atoms with Crippen LogP contribution in [0, 0.1) is 5.95 Å². The molecule has 0 radical (unpaired) electrons. The molecule has 108 valence electrons. The van der Waals surface area contributed by atoms with E-state index in [0.29, 0.717) is 5.56 Å². The van der Waals surface area contributed by atoms with Crippen LogP contribution in [0.25, 0.3) is 0 Å². The van der Waals surface area contributed by atoms with Crippen LogP contribution >= 0.6 is 0 Å². The van der Waals surface area contributed by atoms with Gasteiger partial charge in [-0.3, -0.25) is 0 Å². The lowest BCUT2D eigenvalue weighted by Gasteiger charge is -2.35. The van der Waals surface area contributed by atoms with Gasteiger partial charge in [-0.2, -0.15) is 4.39 Å². The first-order valence-electron chi connectivity index (χ1n) is 5.55. The molecule has 0 aliphatic carbocycles. The molecule has 0 aromatic carbocycles. The van der Waals surface area contributed by atoms with E-state index in [9.17, 15) is 14.6 Å². The predicted molar refractivity (Wildman–Crippen MR) is 67.2 cm³/mol. The predicted octanol–water partition coefficient (Wildman–Crippen LogP) is -0.767. The molecular weight excluding hydrogens is 256 g/mol. The zero-order valence-electron chi connectivity index (χ0n) is 11.1. The van der Waals surface area contributed by atoms with Crippen molar-refractivity contribution in [3.8, 4) is 0 Å². The first kappa shape index (κ1) is 17.9. The van der Waals surface area contributed by atoms with E-state index in [1.165, 1.54) is 33.0 Å². The van der Waals surface area contributed by atoms with Gasteiger partial charge >= 0.3 is 7.32 Å². The number of hydrogen-bond donors (Lipinski definition) is 5. The quantitative estimate of drug-likeness (QED) is 0.366. The zero-order chi connectivity index (χ0) is 15.3. The molecule has 0 saturated carbocycles. The summed E-state index contributed by atoms with van der Waals surface area (Å²) in [5.41, 5.74) is -1.81. The fourth-order valence-electron chi connectivity index (χ4n) is 1.12. The molecule has 5 N–H and O–H groups in total. The SMILES string of the molecule is CC(C)(O)C(C)(O)Cc1ccc(F)nc1.OB(O)O. The Morgan fingerprint density at radius 2 is 1.63 bits per heavy atom. The number of nitrogens with zero attached hydrogens (tertiary/aromatic N) is 1. The Hall–Kier alpha value is -1.06. The van der Waals surface area contributed by atoms with Crippen molar-refractivity contribution in [2.75, 3.05) is 0 Å². The lowest BCUT2D eigenvalue weighted by atomic mass is 9.83. The van der Waals surface area contributed by atoms with E-state index < -0.39 is 24.5 Å². The van der Waals surface area contributed by atoms with E-state index in [1.807, 2.05) is 0 Å². The van der Waals surface area contributed by atoms with Crippen molar-refractivity contribution in [3.05, 3.63) is 29.8 Å². The summed E-state index contributed by atoms with van der Waals surface area (Å²) in [6.07, 6.45) is 1.58. The van der Waals surface area contributed by atoms with Crippen LogP contribution in [0.5, 0.6) is 0 Å². The van der Waals surface area contributed by atoms with Crippen molar-refractivity contribution in [2.24, 2.45) is 0 Å². The Morgan fingerprint density at radius 3 is 1.95 bits per heavy atom. The molecule has 1 heterocycles. The highest BCUT2D eigenvalue weighted by Crippen LogP contribution is 2.25. The third-order valence-corrected chi connectivity index (χ3v) is 2.66. The van der Waals surface area contributed by atoms with Crippen molar-refractivity contribution >= 4 is 7.32 Å². The van der Waals surface area contributed by atoms with Crippen LogP contribution in [0.2, 0.25) is 0 Å². The monoisotopic (exact) mass is 275 g/mol. The summed E-state index contributed by atoms with van der Waals surface area (Å²) in [5, 5.41) is 41.2. The molecule has 1 unspecified atom stereocenters. The molecule has 1 atom stereocenters. The second-order valence-corrected chi connectivity index (χ2v) is 4.85. The highest BCUT2D eigenvalue weighted by atomic mass is 19.1. The topological polar surface area (TPSA) is 114 Å². The molecule has 6 nitrogen and oxygen atoms in total. The lowest BCUT2D eigenvalue weighted by Crippen LogP contribution is -2.49. The molecule has 0 saturated heterocycles. The summed E-state index contributed by atoms with van der Waals surface area (Å²) in [7, 11) is -2.17. The van der Waals surface area contributed by atoms with Gasteiger partial charge in [-0.25, -0.2) is 4.98 Å². The smallest absolute Gasteiger partial charge is 0.402 e. The van der Waals surface area contributed by atoms with Crippen LogP contribution < -0.4 is 0 Å². The second-order valence-electron chi connectivity index (χ2n) is 4.85. The maximum Gasteiger partial charge on any atom is 0.631 e. The third kappa shape index (κ3) is 7.19. The number of rotatable bonds is 3. The van der Waals surface area contributed by atoms with E-state index >= 15 is 0 Å². The van der Waals surface area contributed by atoms with Crippen molar-refractivity contribution in [2.45, 2.75) is 38.4 Å². The van der Waals surface area contributed by atoms with Gasteiger partial charge in [-0.05, 0) is 32.4 Å². The number of pyridine rings is 1. The van der Waals surface area contributed by atoms with E-state index in [-0.39, 0.29) is 6.42 Å². The van der Waals surface area contributed by atoms with E-state index in [0.717, 1.165) is 0 Å². The van der Waals surface area contributed by atoms with Gasteiger partial charge in [0.05, 0.1) is 11.2 Å². The Kier molecular flexibility index (Phi) is 6.54. The van der Waals surface area contributed by atoms with Gasteiger partial charge in [0, 0.05) is 12.6 Å². The van der Waals surface area contributed by atoms with Gasteiger partial charge in [-0.15, -0.1) is 0 Å². The highest BCUT2D eigenvalue weighted by molar-refractivity contribution is 6.30. The van der Waals surface area contributed by atoms with E-state index in [4.69, 9.17) is 15.1 Å². The normalized spacial score (nSPS) is 14.2. The summed E-state index contributed by atoms with van der Waals surface area (Å²) < 4.78 is 12.5. The van der Waals surface area contributed by atoms with E-state index in [1.54, 1.807) is 6.07 Å². The Morgan fingerprint density at radius 1 is 1.16 bits per heavy atom. The molecule has 0 spiro atoms. The summed E-state index contributed by atoms with van der Waals surface area (Å²) in [6.45, 7) is 4.60. The number of aliphatic hydroxyl groups is 2. The molecule has 0 bridgehead atoms. The average Bonchev–Trinajstić information content (AvgIpc) is 2.18. The van der Waals surface area contributed by atoms with Gasteiger partial charge in [0.1, 0.15) is 0 Å². The van der Waals surface area contributed by atoms with Crippen molar-refractivity contribution in [3.63, 3.8) is 0 Å². The van der Waals surface area contributed by atoms with Gasteiger partial charge in [-0.1, -0.05) is 6.07 Å². The molecule has 0 aliphatic rings. The summed E-state index contributed by atoms with van der Waals surface area (Å²) in [6, 6.07) is 2.78. The molecule has 8 heteroatoms. The fourth-order valence-corrected chi connectivity index (χ4v) is 1.12. The first-order valence-corrected chi connectivity index (χ1v) is 5.55. The highest BCUT2D eigenvalue weighted by Gasteiger charge is 2.37. The molecule has 1 aromatic heterocycles. The standard InChI is InChI=1S/C11H16FNO2.BH3O3/c1-10(2,14)11(3,15)6-8-4-5-9(12)13-7-8;2-1(3)4/h4-5,7,14-15H,6H2,1-3H3;2-4H. The van der Waals surface area contributed by atoms with Crippen molar-refractivity contribution in [1.82, 2.24) is 4.98 Å². The fraction of sp³-hybridized carbons (Fsp3) is 0.545. The first-order chi connectivity index (χ1) is 8.45. The average molecular weight is 275 g/mol.